The van der Waals surface area contributed by atoms with Crippen molar-refractivity contribution in [3.63, 3.8) is 0 Å². The summed E-state index contributed by atoms with van der Waals surface area (Å²) in [6.45, 7) is 0.655. The van der Waals surface area contributed by atoms with Crippen molar-refractivity contribution in [3.05, 3.63) is 53.6 Å². The molecule has 160 valence electrons. The van der Waals surface area contributed by atoms with Crippen LogP contribution in [0.25, 0.3) is 0 Å². The fourth-order valence-corrected chi connectivity index (χ4v) is 4.64. The summed E-state index contributed by atoms with van der Waals surface area (Å²) in [4.78, 5) is 12.5. The molecule has 5 heteroatoms. The summed E-state index contributed by atoms with van der Waals surface area (Å²) in [6.07, 6.45) is 6.48. The van der Waals surface area contributed by atoms with Crippen LogP contribution in [0.3, 0.4) is 0 Å². The van der Waals surface area contributed by atoms with Crippen molar-refractivity contribution in [2.75, 3.05) is 20.8 Å². The van der Waals surface area contributed by atoms with E-state index >= 15 is 0 Å². The zero-order valence-electron chi connectivity index (χ0n) is 17.9. The van der Waals surface area contributed by atoms with E-state index in [1.807, 2.05) is 24.3 Å². The number of rotatable bonds is 7. The summed E-state index contributed by atoms with van der Waals surface area (Å²) in [6, 6.07) is 14.2. The minimum atomic E-state index is -0.0582. The Bertz CT molecular complexity index is 875. The average molecular weight is 410 g/mol. The van der Waals surface area contributed by atoms with Crippen LogP contribution in [0.1, 0.15) is 49.1 Å². The molecule has 1 amide bonds. The molecule has 2 aromatic rings. The van der Waals surface area contributed by atoms with E-state index in [-0.39, 0.29) is 23.8 Å². The Hall–Kier alpha value is -2.69. The van der Waals surface area contributed by atoms with Crippen LogP contribution in [-0.4, -0.2) is 32.8 Å². The molecule has 0 unspecified atom stereocenters. The number of benzene rings is 2. The van der Waals surface area contributed by atoms with E-state index in [4.69, 9.17) is 14.2 Å². The highest BCUT2D eigenvalue weighted by molar-refractivity contribution is 5.80. The van der Waals surface area contributed by atoms with Gasteiger partial charge >= 0.3 is 0 Å². The fraction of sp³-hybridized carbons (Fsp3) is 0.480. The van der Waals surface area contributed by atoms with Gasteiger partial charge in [0.2, 0.25) is 5.91 Å². The molecule has 1 saturated carbocycles. The first kappa shape index (κ1) is 20.6. The van der Waals surface area contributed by atoms with Crippen molar-refractivity contribution in [1.82, 2.24) is 5.32 Å². The van der Waals surface area contributed by atoms with Crippen molar-refractivity contribution >= 4 is 5.91 Å². The maximum Gasteiger partial charge on any atom is 0.223 e. The molecule has 2 atom stereocenters. The second-order valence-corrected chi connectivity index (χ2v) is 8.36. The van der Waals surface area contributed by atoms with Crippen LogP contribution < -0.4 is 19.5 Å². The first-order valence-electron chi connectivity index (χ1n) is 10.9. The maximum absolute atomic E-state index is 12.5. The Kier molecular flexibility index (Phi) is 6.46. The van der Waals surface area contributed by atoms with Crippen LogP contribution in [0.5, 0.6) is 17.2 Å². The second kappa shape index (κ2) is 9.41. The molecule has 0 bridgehead atoms. The summed E-state index contributed by atoms with van der Waals surface area (Å²) in [5.74, 6) is 2.75. The van der Waals surface area contributed by atoms with E-state index < -0.39 is 0 Å². The van der Waals surface area contributed by atoms with Crippen LogP contribution in [0.15, 0.2) is 42.5 Å². The Balaban J connectivity index is 1.49. The van der Waals surface area contributed by atoms with Crippen molar-refractivity contribution in [3.8, 4) is 17.2 Å². The monoisotopic (exact) mass is 409 g/mol. The summed E-state index contributed by atoms with van der Waals surface area (Å²) in [5, 5.41) is 3.11. The number of piperidine rings is 1. The molecule has 1 saturated heterocycles. The molecule has 1 N–H and O–H groups in total. The van der Waals surface area contributed by atoms with Gasteiger partial charge in [0.15, 0.2) is 11.5 Å². The first-order valence-corrected chi connectivity index (χ1v) is 10.9. The molecule has 1 aliphatic carbocycles. The van der Waals surface area contributed by atoms with Crippen LogP contribution in [0.2, 0.25) is 0 Å². The van der Waals surface area contributed by atoms with Crippen LogP contribution in [0, 0.1) is 5.92 Å². The van der Waals surface area contributed by atoms with E-state index in [2.05, 4.69) is 23.5 Å². The van der Waals surface area contributed by atoms with Gasteiger partial charge in [-0.1, -0.05) is 18.2 Å². The third-order valence-electron chi connectivity index (χ3n) is 6.33. The lowest BCUT2D eigenvalue weighted by molar-refractivity contribution is -0.126. The highest BCUT2D eigenvalue weighted by atomic mass is 16.5. The van der Waals surface area contributed by atoms with E-state index in [1.165, 1.54) is 18.4 Å². The summed E-state index contributed by atoms with van der Waals surface area (Å²) >= 11 is 0. The third-order valence-corrected chi connectivity index (χ3v) is 6.33. The molecule has 2 aromatic carbocycles. The minimum Gasteiger partial charge on any atom is -0.497 e. The number of carbonyl (C=O) groups excluding carboxylic acids is 1. The molecule has 0 aromatic heterocycles. The number of nitrogens with one attached hydrogen (secondary N) is 1. The lowest BCUT2D eigenvalue weighted by Crippen LogP contribution is -2.41. The molecule has 1 aliphatic heterocycles. The van der Waals surface area contributed by atoms with Gasteiger partial charge in [-0.15, -0.1) is 0 Å². The molecular formula is C25H31NO4. The molecule has 1 heterocycles. The quantitative estimate of drug-likeness (QED) is 0.732. The Morgan fingerprint density at radius 1 is 1.00 bits per heavy atom. The SMILES string of the molecule is COc1cccc(C[C@@H]2C[C@@H](c3ccc(OC)c(OC4CCCC4)c3)CNC2=O)c1. The van der Waals surface area contributed by atoms with Crippen LogP contribution >= 0.6 is 0 Å². The normalized spacial score (nSPS) is 21.9. The Morgan fingerprint density at radius 3 is 2.60 bits per heavy atom. The van der Waals surface area contributed by atoms with Gasteiger partial charge in [0.05, 0.1) is 20.3 Å². The molecule has 5 nitrogen and oxygen atoms in total. The summed E-state index contributed by atoms with van der Waals surface area (Å²) in [7, 11) is 3.35. The summed E-state index contributed by atoms with van der Waals surface area (Å²) in [5.41, 5.74) is 2.31. The Morgan fingerprint density at radius 2 is 1.83 bits per heavy atom. The van der Waals surface area contributed by atoms with Crippen molar-refractivity contribution in [2.45, 2.75) is 50.5 Å². The van der Waals surface area contributed by atoms with Gasteiger partial charge in [-0.2, -0.15) is 0 Å². The van der Waals surface area contributed by atoms with Crippen molar-refractivity contribution in [1.29, 1.82) is 0 Å². The number of hydrogen-bond acceptors (Lipinski definition) is 4. The van der Waals surface area contributed by atoms with E-state index in [9.17, 15) is 4.79 Å². The van der Waals surface area contributed by atoms with Gasteiger partial charge in [-0.25, -0.2) is 0 Å². The zero-order valence-corrected chi connectivity index (χ0v) is 17.9. The predicted molar refractivity (Wildman–Crippen MR) is 116 cm³/mol. The molecular weight excluding hydrogens is 378 g/mol. The van der Waals surface area contributed by atoms with Crippen molar-refractivity contribution in [2.24, 2.45) is 5.92 Å². The van der Waals surface area contributed by atoms with Crippen LogP contribution in [0.4, 0.5) is 0 Å². The molecule has 0 spiro atoms. The highest BCUT2D eigenvalue weighted by Crippen LogP contribution is 2.37. The van der Waals surface area contributed by atoms with Gasteiger partial charge in [-0.05, 0) is 73.9 Å². The second-order valence-electron chi connectivity index (χ2n) is 8.36. The molecule has 30 heavy (non-hydrogen) atoms. The standard InChI is InChI=1S/C25H31NO4/c1-28-22-9-5-6-17(13-22)12-19-14-20(16-26-25(19)27)18-10-11-23(29-2)24(15-18)30-21-7-3-4-8-21/h5-6,9-11,13,15,19-21H,3-4,7-8,12,14,16H2,1-2H3,(H,26,27)/t19-,20-/m1/s1. The lowest BCUT2D eigenvalue weighted by atomic mass is 9.82. The Labute approximate surface area is 178 Å². The smallest absolute Gasteiger partial charge is 0.223 e. The van der Waals surface area contributed by atoms with Gasteiger partial charge in [-0.3, -0.25) is 4.79 Å². The molecule has 2 aliphatic rings. The molecule has 2 fully saturated rings. The van der Waals surface area contributed by atoms with Gasteiger partial charge in [0.1, 0.15) is 5.75 Å². The number of ether oxygens (including phenoxy) is 3. The van der Waals surface area contributed by atoms with Gasteiger partial charge in [0.25, 0.3) is 0 Å². The third kappa shape index (κ3) is 4.72. The van der Waals surface area contributed by atoms with Gasteiger partial charge in [0, 0.05) is 18.4 Å². The van der Waals surface area contributed by atoms with Gasteiger partial charge < -0.3 is 19.5 Å². The summed E-state index contributed by atoms with van der Waals surface area (Å²) < 4.78 is 17.1. The fourth-order valence-electron chi connectivity index (χ4n) is 4.64. The number of amides is 1. The highest BCUT2D eigenvalue weighted by Gasteiger charge is 2.30. The maximum atomic E-state index is 12.5. The van der Waals surface area contributed by atoms with E-state index in [0.717, 1.165) is 42.1 Å². The number of carbonyl (C=O) groups is 1. The first-order chi connectivity index (χ1) is 14.7. The molecule has 0 radical (unpaired) electrons. The van der Waals surface area contributed by atoms with Crippen molar-refractivity contribution < 1.29 is 19.0 Å². The van der Waals surface area contributed by atoms with E-state index in [1.54, 1.807) is 14.2 Å². The molecule has 4 rings (SSSR count). The van der Waals surface area contributed by atoms with Crippen LogP contribution in [-0.2, 0) is 11.2 Å². The average Bonchev–Trinajstić information content (AvgIpc) is 3.28. The zero-order chi connectivity index (χ0) is 20.9. The number of methoxy groups -OCH3 is 2. The lowest BCUT2D eigenvalue weighted by Gasteiger charge is -2.30. The van der Waals surface area contributed by atoms with E-state index in [0.29, 0.717) is 13.0 Å². The largest absolute Gasteiger partial charge is 0.497 e. The predicted octanol–water partition coefficient (Wildman–Crippen LogP) is 4.49. The minimum absolute atomic E-state index is 0.0582. The number of hydrogen-bond donors (Lipinski definition) is 1. The topological polar surface area (TPSA) is 56.8 Å².